The molecular weight excluding hydrogens is 464 g/mol. The van der Waals surface area contributed by atoms with Gasteiger partial charge in [-0.1, -0.05) is 36.4 Å². The Kier molecular flexibility index (Phi) is 5.59. The number of fused-ring (bicyclic) bond motifs is 2. The number of para-hydroxylation sites is 1. The number of anilines is 1. The number of hydrogen-bond donors (Lipinski definition) is 0. The van der Waals surface area contributed by atoms with Gasteiger partial charge in [-0.2, -0.15) is 0 Å². The van der Waals surface area contributed by atoms with E-state index in [1.54, 1.807) is 56.3 Å². The predicted molar refractivity (Wildman–Crippen MR) is 125 cm³/mol. The van der Waals surface area contributed by atoms with Crippen LogP contribution in [-0.4, -0.2) is 27.8 Å². The van der Waals surface area contributed by atoms with Crippen molar-refractivity contribution in [1.29, 1.82) is 0 Å². The molecule has 3 aromatic carbocycles. The smallest absolute Gasteiger partial charge is 0.263 e. The monoisotopic (exact) mass is 484 g/mol. The van der Waals surface area contributed by atoms with Crippen molar-refractivity contribution in [2.45, 2.75) is 29.7 Å². The molecule has 0 radical (unpaired) electrons. The van der Waals surface area contributed by atoms with E-state index >= 15 is 0 Å². The zero-order valence-electron chi connectivity index (χ0n) is 17.7. The lowest BCUT2D eigenvalue weighted by molar-refractivity contribution is -0.384. The van der Waals surface area contributed by atoms with E-state index in [1.807, 2.05) is 0 Å². The number of non-ortho nitro benzene ring substituents is 1. The molecule has 0 N–H and O–H groups in total. The van der Waals surface area contributed by atoms with Crippen molar-refractivity contribution in [2.75, 3.05) is 4.31 Å². The van der Waals surface area contributed by atoms with Gasteiger partial charge in [0.1, 0.15) is 0 Å². The Labute approximate surface area is 191 Å². The first kappa shape index (κ1) is 22.7. The fraction of sp³-hybridized carbons (Fsp3) is 0.130. The predicted octanol–water partition coefficient (Wildman–Crippen LogP) is 4.38. The normalized spacial score (nSPS) is 16.2. The first-order chi connectivity index (χ1) is 15.5. The van der Waals surface area contributed by atoms with E-state index in [-0.39, 0.29) is 26.6 Å². The minimum absolute atomic E-state index is 0.0229. The van der Waals surface area contributed by atoms with Crippen molar-refractivity contribution in [1.82, 2.24) is 0 Å². The number of sulfone groups is 1. The van der Waals surface area contributed by atoms with Crippen molar-refractivity contribution in [3.8, 4) is 0 Å². The van der Waals surface area contributed by atoms with Crippen LogP contribution in [0.5, 0.6) is 0 Å². The van der Waals surface area contributed by atoms with Crippen LogP contribution in [0.3, 0.4) is 0 Å². The molecule has 4 rings (SSSR count). The molecule has 10 heteroatoms. The van der Waals surface area contributed by atoms with Crippen LogP contribution in [-0.2, 0) is 19.9 Å². The Morgan fingerprint density at radius 2 is 1.58 bits per heavy atom. The highest BCUT2D eigenvalue weighted by Gasteiger charge is 2.37. The topological polar surface area (TPSA) is 115 Å². The first-order valence-electron chi connectivity index (χ1n) is 9.98. The quantitative estimate of drug-likeness (QED) is 0.401. The zero-order chi connectivity index (χ0) is 24.0. The van der Waals surface area contributed by atoms with E-state index in [9.17, 15) is 26.9 Å². The van der Waals surface area contributed by atoms with Crippen LogP contribution in [0.4, 0.5) is 11.4 Å². The van der Waals surface area contributed by atoms with Crippen molar-refractivity contribution in [2.24, 2.45) is 0 Å². The third-order valence-electron chi connectivity index (χ3n) is 5.25. The Bertz CT molecular complexity index is 1490. The van der Waals surface area contributed by atoms with Crippen LogP contribution in [0.15, 0.2) is 88.0 Å². The number of nitrogens with zero attached hydrogens (tertiary/aromatic N) is 2. The maximum atomic E-state index is 13.7. The summed E-state index contributed by atoms with van der Waals surface area (Å²) in [5, 5.41) is 12.5. The molecule has 0 unspecified atom stereocenters. The molecule has 0 spiro atoms. The molecule has 0 aliphatic carbocycles. The fourth-order valence-corrected chi connectivity index (χ4v) is 6.97. The summed E-state index contributed by atoms with van der Waals surface area (Å²) in [6.45, 7) is 3.41. The molecule has 0 amide bonds. The average Bonchev–Trinajstić information content (AvgIpc) is 2.85. The summed E-state index contributed by atoms with van der Waals surface area (Å²) in [7, 11) is -8.17. The summed E-state index contributed by atoms with van der Waals surface area (Å²) in [6.07, 6.45) is 0. The second kappa shape index (κ2) is 8.13. The van der Waals surface area contributed by atoms with Gasteiger partial charge in [-0.05, 0) is 38.1 Å². The lowest BCUT2D eigenvalue weighted by Crippen LogP contribution is -2.37. The second-order valence-corrected chi connectivity index (χ2v) is 11.3. The molecule has 0 saturated heterocycles. The van der Waals surface area contributed by atoms with Gasteiger partial charge < -0.3 is 0 Å². The van der Waals surface area contributed by atoms with Crippen molar-refractivity contribution >= 4 is 36.8 Å². The number of rotatable bonds is 4. The number of nitro groups is 1. The summed E-state index contributed by atoms with van der Waals surface area (Å²) in [4.78, 5) is 10.6. The van der Waals surface area contributed by atoms with Gasteiger partial charge >= 0.3 is 0 Å². The van der Waals surface area contributed by atoms with Gasteiger partial charge in [-0.15, -0.1) is 0 Å². The van der Waals surface area contributed by atoms with Gasteiger partial charge in [0, 0.05) is 40.3 Å². The fourth-order valence-electron chi connectivity index (χ4n) is 3.86. The lowest BCUT2D eigenvalue weighted by Gasteiger charge is -2.28. The van der Waals surface area contributed by atoms with E-state index < -0.39 is 30.8 Å². The maximum absolute atomic E-state index is 13.7. The SMILES string of the molecule is CC(C)N1c2ccccc2/C(=C\S(=O)(=O)c2ccccc2)c2cc([N+](=O)[O-])ccc2S1(=O)=O. The van der Waals surface area contributed by atoms with E-state index in [0.717, 1.165) is 23.6 Å². The summed E-state index contributed by atoms with van der Waals surface area (Å²) in [5.74, 6) is 0. The Morgan fingerprint density at radius 3 is 2.21 bits per heavy atom. The van der Waals surface area contributed by atoms with Crippen molar-refractivity contribution in [3.05, 3.63) is 99.4 Å². The van der Waals surface area contributed by atoms with Crippen LogP contribution < -0.4 is 4.31 Å². The highest BCUT2D eigenvalue weighted by Crippen LogP contribution is 2.44. The summed E-state index contributed by atoms with van der Waals surface area (Å²) in [5.41, 5.74) is 0.316. The van der Waals surface area contributed by atoms with Crippen LogP contribution in [0, 0.1) is 10.1 Å². The van der Waals surface area contributed by atoms with Gasteiger partial charge in [0.2, 0.25) is 0 Å². The third kappa shape index (κ3) is 3.91. The van der Waals surface area contributed by atoms with Gasteiger partial charge in [-0.25, -0.2) is 16.8 Å². The summed E-state index contributed by atoms with van der Waals surface area (Å²) >= 11 is 0. The maximum Gasteiger partial charge on any atom is 0.270 e. The van der Waals surface area contributed by atoms with E-state index in [4.69, 9.17) is 0 Å². The van der Waals surface area contributed by atoms with E-state index in [0.29, 0.717) is 11.3 Å². The Balaban J connectivity index is 2.16. The molecule has 0 aromatic heterocycles. The molecular formula is C23H20N2O6S2. The molecule has 1 aliphatic rings. The standard InChI is InChI=1S/C23H20N2O6S2/c1-16(2)24-22-11-7-6-10-19(22)21(15-32(28,29)18-8-4-3-5-9-18)20-14-17(25(26)27)12-13-23(20)33(24,30)31/h3-16H,1-2H3/b21-15+. The highest BCUT2D eigenvalue weighted by molar-refractivity contribution is 7.94. The average molecular weight is 485 g/mol. The molecule has 0 atom stereocenters. The molecule has 1 heterocycles. The van der Waals surface area contributed by atoms with Gasteiger partial charge in [0.15, 0.2) is 9.84 Å². The third-order valence-corrected chi connectivity index (χ3v) is 8.77. The van der Waals surface area contributed by atoms with E-state index in [2.05, 4.69) is 0 Å². The van der Waals surface area contributed by atoms with Crippen LogP contribution in [0.1, 0.15) is 25.0 Å². The highest BCUT2D eigenvalue weighted by atomic mass is 32.2. The molecule has 170 valence electrons. The molecule has 33 heavy (non-hydrogen) atoms. The van der Waals surface area contributed by atoms with E-state index in [1.165, 1.54) is 16.4 Å². The van der Waals surface area contributed by atoms with Gasteiger partial charge in [-0.3, -0.25) is 14.4 Å². The van der Waals surface area contributed by atoms with Crippen molar-refractivity contribution in [3.63, 3.8) is 0 Å². The Morgan fingerprint density at radius 1 is 0.939 bits per heavy atom. The van der Waals surface area contributed by atoms with Gasteiger partial charge in [0.25, 0.3) is 15.7 Å². The van der Waals surface area contributed by atoms with Gasteiger partial charge in [0.05, 0.1) is 20.4 Å². The minimum Gasteiger partial charge on any atom is -0.263 e. The molecule has 3 aromatic rings. The molecule has 1 aliphatic heterocycles. The number of sulfonamides is 1. The number of nitro benzene ring substituents is 1. The minimum atomic E-state index is -4.15. The second-order valence-electron chi connectivity index (χ2n) is 7.74. The van der Waals surface area contributed by atoms with Crippen LogP contribution in [0.2, 0.25) is 0 Å². The number of hydrogen-bond acceptors (Lipinski definition) is 6. The first-order valence-corrected chi connectivity index (χ1v) is 13.0. The largest absolute Gasteiger partial charge is 0.270 e. The lowest BCUT2D eigenvalue weighted by atomic mass is 9.97. The summed E-state index contributed by atoms with van der Waals surface area (Å²) < 4.78 is 55.1. The Hall–Kier alpha value is -3.50. The zero-order valence-corrected chi connectivity index (χ0v) is 19.4. The molecule has 0 bridgehead atoms. The van der Waals surface area contributed by atoms with Crippen LogP contribution >= 0.6 is 0 Å². The molecule has 8 nitrogen and oxygen atoms in total. The van der Waals surface area contributed by atoms with Crippen LogP contribution in [0.25, 0.3) is 5.57 Å². The number of benzene rings is 3. The van der Waals surface area contributed by atoms with Crippen molar-refractivity contribution < 1.29 is 21.8 Å². The molecule has 0 saturated carbocycles. The molecule has 0 fully saturated rings. The summed E-state index contributed by atoms with van der Waals surface area (Å²) in [6, 6.07) is 17.1.